The zero-order valence-electron chi connectivity index (χ0n) is 10.8. The van der Waals surface area contributed by atoms with Crippen molar-refractivity contribution < 1.29 is 0 Å². The highest BCUT2D eigenvalue weighted by Crippen LogP contribution is 2.19. The van der Waals surface area contributed by atoms with Gasteiger partial charge < -0.3 is 11.1 Å². The minimum Gasteiger partial charge on any atom is -0.368 e. The molecule has 0 saturated heterocycles. The van der Waals surface area contributed by atoms with Gasteiger partial charge in [-0.3, -0.25) is 0 Å². The summed E-state index contributed by atoms with van der Waals surface area (Å²) in [6.07, 6.45) is 1.84. The molecule has 2 aromatic rings. The van der Waals surface area contributed by atoms with Gasteiger partial charge >= 0.3 is 0 Å². The topological polar surface area (TPSA) is 50.9 Å². The number of rotatable bonds is 4. The maximum Gasteiger partial charge on any atom is 0.126 e. The number of nitrogens with two attached hydrogens (primary N) is 1. The summed E-state index contributed by atoms with van der Waals surface area (Å²) in [7, 11) is 0. The summed E-state index contributed by atoms with van der Waals surface area (Å²) in [6, 6.07) is 14.3. The Kier molecular flexibility index (Phi) is 3.95. The molecule has 3 N–H and O–H groups in total. The molecule has 3 nitrogen and oxygen atoms in total. The molecule has 1 heterocycles. The Balaban J connectivity index is 2.14. The monoisotopic (exact) mass is 241 g/mol. The summed E-state index contributed by atoms with van der Waals surface area (Å²) in [6.45, 7) is 4.18. The van der Waals surface area contributed by atoms with Gasteiger partial charge in [0, 0.05) is 12.2 Å². The number of aromatic nitrogens is 1. The van der Waals surface area contributed by atoms with E-state index in [4.69, 9.17) is 5.73 Å². The fourth-order valence-electron chi connectivity index (χ4n) is 1.82. The van der Waals surface area contributed by atoms with Crippen LogP contribution in [0.4, 0.5) is 5.82 Å². The second-order valence-corrected chi connectivity index (χ2v) is 4.66. The highest BCUT2D eigenvalue weighted by atomic mass is 15.0. The second kappa shape index (κ2) is 5.65. The van der Waals surface area contributed by atoms with Crippen molar-refractivity contribution in [3.05, 3.63) is 59.8 Å². The van der Waals surface area contributed by atoms with Crippen LogP contribution in [-0.4, -0.2) is 11.0 Å². The van der Waals surface area contributed by atoms with Gasteiger partial charge in [0.2, 0.25) is 0 Å². The van der Waals surface area contributed by atoms with Crippen molar-refractivity contribution >= 4 is 5.82 Å². The molecule has 0 aliphatic carbocycles. The molecule has 0 unspecified atom stereocenters. The number of pyridine rings is 1. The van der Waals surface area contributed by atoms with E-state index in [0.717, 1.165) is 16.9 Å². The predicted molar refractivity (Wildman–Crippen MR) is 75.5 cm³/mol. The number of nitrogens with one attached hydrogen (secondary N) is 1. The van der Waals surface area contributed by atoms with E-state index in [1.165, 1.54) is 0 Å². The van der Waals surface area contributed by atoms with Gasteiger partial charge in [-0.05, 0) is 31.0 Å². The first-order valence-corrected chi connectivity index (χ1v) is 6.20. The van der Waals surface area contributed by atoms with E-state index in [2.05, 4.69) is 24.1 Å². The van der Waals surface area contributed by atoms with E-state index in [9.17, 15) is 0 Å². The number of anilines is 1. The maximum absolute atomic E-state index is 6.21. The van der Waals surface area contributed by atoms with Crippen LogP contribution in [0, 0.1) is 0 Å². The molecule has 0 fully saturated rings. The van der Waals surface area contributed by atoms with E-state index in [1.54, 1.807) is 0 Å². The van der Waals surface area contributed by atoms with Crippen LogP contribution < -0.4 is 11.1 Å². The normalized spacial score (nSPS) is 12.4. The first kappa shape index (κ1) is 12.6. The van der Waals surface area contributed by atoms with Crippen molar-refractivity contribution in [3.8, 4) is 0 Å². The first-order valence-electron chi connectivity index (χ1n) is 6.20. The van der Waals surface area contributed by atoms with Crippen LogP contribution in [-0.2, 0) is 0 Å². The Labute approximate surface area is 108 Å². The van der Waals surface area contributed by atoms with Crippen LogP contribution in [0.1, 0.15) is 31.0 Å². The minimum absolute atomic E-state index is 0.119. The van der Waals surface area contributed by atoms with Crippen molar-refractivity contribution in [1.82, 2.24) is 4.98 Å². The van der Waals surface area contributed by atoms with Crippen LogP contribution in [0.2, 0.25) is 0 Å². The zero-order chi connectivity index (χ0) is 13.0. The lowest BCUT2D eigenvalue weighted by molar-refractivity contribution is 0.855. The lowest BCUT2D eigenvalue weighted by Gasteiger charge is -2.14. The Hall–Kier alpha value is -1.87. The third kappa shape index (κ3) is 3.08. The van der Waals surface area contributed by atoms with Gasteiger partial charge in [-0.15, -0.1) is 0 Å². The standard InChI is InChI=1S/C15H19N3/c1-11(2)18-14-9-8-13(10-17-14)15(16)12-6-4-3-5-7-12/h3-11,15H,16H2,1-2H3,(H,17,18)/t15-/m0/s1. The molecule has 0 amide bonds. The molecule has 1 aromatic carbocycles. The largest absolute Gasteiger partial charge is 0.368 e. The second-order valence-electron chi connectivity index (χ2n) is 4.66. The molecule has 0 saturated carbocycles. The van der Waals surface area contributed by atoms with Crippen LogP contribution in [0.5, 0.6) is 0 Å². The molecule has 0 aliphatic rings. The van der Waals surface area contributed by atoms with Crippen LogP contribution in [0.15, 0.2) is 48.7 Å². The highest BCUT2D eigenvalue weighted by molar-refractivity contribution is 5.39. The summed E-state index contributed by atoms with van der Waals surface area (Å²) in [5.41, 5.74) is 8.33. The van der Waals surface area contributed by atoms with E-state index >= 15 is 0 Å². The molecular weight excluding hydrogens is 222 g/mol. The Morgan fingerprint density at radius 1 is 1.00 bits per heavy atom. The van der Waals surface area contributed by atoms with Crippen LogP contribution >= 0.6 is 0 Å². The molecule has 18 heavy (non-hydrogen) atoms. The molecule has 0 aliphatic heterocycles. The number of hydrogen-bond donors (Lipinski definition) is 2. The fourth-order valence-corrected chi connectivity index (χ4v) is 1.82. The molecule has 0 spiro atoms. The van der Waals surface area contributed by atoms with E-state index in [1.807, 2.05) is 48.7 Å². The summed E-state index contributed by atoms with van der Waals surface area (Å²) in [5.74, 6) is 0.883. The number of nitrogens with zero attached hydrogens (tertiary/aromatic N) is 1. The van der Waals surface area contributed by atoms with Crippen molar-refractivity contribution in [2.75, 3.05) is 5.32 Å². The Morgan fingerprint density at radius 2 is 1.72 bits per heavy atom. The average molecular weight is 241 g/mol. The van der Waals surface area contributed by atoms with Gasteiger partial charge in [-0.25, -0.2) is 4.98 Å². The van der Waals surface area contributed by atoms with Gasteiger partial charge in [0.15, 0.2) is 0 Å². The van der Waals surface area contributed by atoms with Crippen molar-refractivity contribution in [1.29, 1.82) is 0 Å². The van der Waals surface area contributed by atoms with Crippen molar-refractivity contribution in [3.63, 3.8) is 0 Å². The van der Waals surface area contributed by atoms with E-state index in [-0.39, 0.29) is 6.04 Å². The molecule has 1 aromatic heterocycles. The van der Waals surface area contributed by atoms with Crippen LogP contribution in [0.3, 0.4) is 0 Å². The Morgan fingerprint density at radius 3 is 2.28 bits per heavy atom. The van der Waals surface area contributed by atoms with Gasteiger partial charge in [-0.1, -0.05) is 36.4 Å². The number of benzene rings is 1. The summed E-state index contributed by atoms with van der Waals surface area (Å²) in [5, 5.41) is 3.26. The molecule has 94 valence electrons. The lowest BCUT2D eigenvalue weighted by atomic mass is 10.0. The van der Waals surface area contributed by atoms with Gasteiger partial charge in [0.25, 0.3) is 0 Å². The quantitative estimate of drug-likeness (QED) is 0.865. The molecule has 0 radical (unpaired) electrons. The summed E-state index contributed by atoms with van der Waals surface area (Å²) in [4.78, 5) is 4.37. The SMILES string of the molecule is CC(C)Nc1ccc([C@@H](N)c2ccccc2)cn1. The average Bonchev–Trinajstić information content (AvgIpc) is 2.39. The Bertz CT molecular complexity index is 477. The highest BCUT2D eigenvalue weighted by Gasteiger charge is 2.08. The lowest BCUT2D eigenvalue weighted by Crippen LogP contribution is -2.14. The fraction of sp³-hybridized carbons (Fsp3) is 0.267. The van der Waals surface area contributed by atoms with Gasteiger partial charge in [0.05, 0.1) is 6.04 Å². The summed E-state index contributed by atoms with van der Waals surface area (Å²) < 4.78 is 0. The summed E-state index contributed by atoms with van der Waals surface area (Å²) >= 11 is 0. The minimum atomic E-state index is -0.119. The van der Waals surface area contributed by atoms with E-state index in [0.29, 0.717) is 6.04 Å². The smallest absolute Gasteiger partial charge is 0.126 e. The van der Waals surface area contributed by atoms with E-state index < -0.39 is 0 Å². The molecule has 1 atom stereocenters. The molecular formula is C15H19N3. The maximum atomic E-state index is 6.21. The molecule has 0 bridgehead atoms. The van der Waals surface area contributed by atoms with Gasteiger partial charge in [0.1, 0.15) is 5.82 Å². The third-order valence-corrected chi connectivity index (χ3v) is 2.74. The van der Waals surface area contributed by atoms with Crippen LogP contribution in [0.25, 0.3) is 0 Å². The predicted octanol–water partition coefficient (Wildman–Crippen LogP) is 2.95. The molecule has 3 heteroatoms. The third-order valence-electron chi connectivity index (χ3n) is 2.74. The number of hydrogen-bond acceptors (Lipinski definition) is 3. The first-order chi connectivity index (χ1) is 8.66. The molecule has 2 rings (SSSR count). The zero-order valence-corrected chi connectivity index (χ0v) is 10.8. The van der Waals surface area contributed by atoms with Crippen molar-refractivity contribution in [2.24, 2.45) is 5.73 Å². The van der Waals surface area contributed by atoms with Crippen molar-refractivity contribution in [2.45, 2.75) is 25.9 Å². The van der Waals surface area contributed by atoms with Gasteiger partial charge in [-0.2, -0.15) is 0 Å².